The van der Waals surface area contributed by atoms with Crippen LogP contribution in [0.25, 0.3) is 11.0 Å². The summed E-state index contributed by atoms with van der Waals surface area (Å²) in [4.78, 5) is 36.1. The minimum absolute atomic E-state index is 0.0204. The standard InChI is InChI=1S/C21H18N6O6/c1-2-3-7-14-17(28)16(27(31)32)10-12-9-15(21(30)33-18(12)14)20(29)22-13-6-4-5-11(8-13)19-23-25-26-24-19/h4-6,8-10,19,28H,2-3,7H2,1H3,(H,22,29). The fourth-order valence-corrected chi connectivity index (χ4v) is 3.47. The lowest BCUT2D eigenvalue weighted by molar-refractivity contribution is -0.385. The Hall–Kier alpha value is -4.48. The number of nitro benzene ring substituents is 1. The molecule has 0 saturated heterocycles. The van der Waals surface area contributed by atoms with E-state index in [9.17, 15) is 24.8 Å². The number of benzene rings is 2. The van der Waals surface area contributed by atoms with Crippen LogP contribution in [-0.4, -0.2) is 15.9 Å². The van der Waals surface area contributed by atoms with Gasteiger partial charge in [0.05, 0.1) is 4.92 Å². The zero-order chi connectivity index (χ0) is 23.5. The summed E-state index contributed by atoms with van der Waals surface area (Å²) in [6.07, 6.45) is 1.04. The summed E-state index contributed by atoms with van der Waals surface area (Å²) < 4.78 is 5.35. The Morgan fingerprint density at radius 3 is 2.70 bits per heavy atom. The number of aromatic hydroxyl groups is 1. The van der Waals surface area contributed by atoms with Crippen molar-refractivity contribution in [1.82, 2.24) is 0 Å². The van der Waals surface area contributed by atoms with E-state index < -0.39 is 34.1 Å². The first-order chi connectivity index (χ1) is 15.9. The molecule has 1 aliphatic heterocycles. The van der Waals surface area contributed by atoms with Crippen LogP contribution >= 0.6 is 0 Å². The summed E-state index contributed by atoms with van der Waals surface area (Å²) in [7, 11) is 0. The zero-order valence-corrected chi connectivity index (χ0v) is 17.4. The van der Waals surface area contributed by atoms with E-state index in [1.54, 1.807) is 24.3 Å². The number of carbonyl (C=O) groups excluding carboxylic acids is 1. The second-order valence-electron chi connectivity index (χ2n) is 7.31. The quantitative estimate of drug-likeness (QED) is 0.296. The van der Waals surface area contributed by atoms with Crippen LogP contribution in [-0.2, 0) is 6.42 Å². The molecular formula is C21H18N6O6. The van der Waals surface area contributed by atoms with Crippen LogP contribution in [0.1, 0.15) is 47.4 Å². The number of nitrogens with one attached hydrogen (secondary N) is 1. The van der Waals surface area contributed by atoms with Gasteiger partial charge in [-0.25, -0.2) is 4.79 Å². The number of hydrogen-bond donors (Lipinski definition) is 2. The number of nitrogens with zero attached hydrogens (tertiary/aromatic N) is 5. The van der Waals surface area contributed by atoms with E-state index in [4.69, 9.17) is 4.42 Å². The number of phenolic OH excluding ortho intramolecular Hbond substituents is 1. The van der Waals surface area contributed by atoms with E-state index in [0.29, 0.717) is 17.7 Å². The van der Waals surface area contributed by atoms with Gasteiger partial charge < -0.3 is 14.8 Å². The van der Waals surface area contributed by atoms with E-state index in [2.05, 4.69) is 26.0 Å². The van der Waals surface area contributed by atoms with Crippen molar-refractivity contribution >= 4 is 28.3 Å². The van der Waals surface area contributed by atoms with Gasteiger partial charge in [-0.2, -0.15) is 0 Å². The molecule has 0 atom stereocenters. The van der Waals surface area contributed by atoms with Crippen LogP contribution in [0, 0.1) is 10.1 Å². The molecule has 0 spiro atoms. The molecule has 2 N–H and O–H groups in total. The van der Waals surface area contributed by atoms with Gasteiger partial charge in [-0.1, -0.05) is 25.5 Å². The smallest absolute Gasteiger partial charge is 0.349 e. The lowest BCUT2D eigenvalue weighted by Gasteiger charge is -2.10. The number of unbranched alkanes of at least 4 members (excludes halogenated alkanes) is 1. The number of aryl methyl sites for hydroxylation is 1. The Kier molecular flexibility index (Phi) is 5.89. The fraction of sp³-hybridized carbons (Fsp3) is 0.238. The fourth-order valence-electron chi connectivity index (χ4n) is 3.47. The van der Waals surface area contributed by atoms with Gasteiger partial charge in [0.15, 0.2) is 0 Å². The van der Waals surface area contributed by atoms with Crippen LogP contribution in [0.15, 0.2) is 66.3 Å². The van der Waals surface area contributed by atoms with Gasteiger partial charge in [0, 0.05) is 28.3 Å². The first kappa shape index (κ1) is 21.7. The van der Waals surface area contributed by atoms with Crippen molar-refractivity contribution in [2.75, 3.05) is 5.32 Å². The third-order valence-electron chi connectivity index (χ3n) is 5.10. The molecule has 1 aliphatic rings. The Morgan fingerprint density at radius 1 is 1.24 bits per heavy atom. The van der Waals surface area contributed by atoms with Crippen molar-refractivity contribution < 1.29 is 19.2 Å². The summed E-state index contributed by atoms with van der Waals surface area (Å²) in [6.45, 7) is 1.92. The molecule has 33 heavy (non-hydrogen) atoms. The first-order valence-corrected chi connectivity index (χ1v) is 10.1. The summed E-state index contributed by atoms with van der Waals surface area (Å²) in [5.41, 5.74) is -0.606. The maximum Gasteiger partial charge on any atom is 0.349 e. The Morgan fingerprint density at radius 2 is 2.00 bits per heavy atom. The number of amides is 1. The van der Waals surface area contributed by atoms with Crippen LogP contribution in [0.3, 0.4) is 0 Å². The number of hydrogen-bond acceptors (Lipinski definition) is 10. The number of anilines is 1. The summed E-state index contributed by atoms with van der Waals surface area (Å²) in [6, 6.07) is 8.93. The van der Waals surface area contributed by atoms with E-state index in [-0.39, 0.29) is 28.5 Å². The number of rotatable bonds is 7. The van der Waals surface area contributed by atoms with Crippen LogP contribution in [0.4, 0.5) is 11.4 Å². The molecule has 0 radical (unpaired) electrons. The third kappa shape index (κ3) is 4.31. The molecule has 0 aliphatic carbocycles. The molecule has 1 amide bonds. The zero-order valence-electron chi connectivity index (χ0n) is 17.4. The minimum atomic E-state index is -0.930. The minimum Gasteiger partial charge on any atom is -0.502 e. The second kappa shape index (κ2) is 8.94. The predicted molar refractivity (Wildman–Crippen MR) is 116 cm³/mol. The van der Waals surface area contributed by atoms with Crippen LogP contribution in [0.2, 0.25) is 0 Å². The largest absolute Gasteiger partial charge is 0.502 e. The highest BCUT2D eigenvalue weighted by Gasteiger charge is 2.24. The number of nitro groups is 1. The van der Waals surface area contributed by atoms with Crippen molar-refractivity contribution in [2.45, 2.75) is 32.4 Å². The molecule has 1 aromatic heterocycles. The lowest BCUT2D eigenvalue weighted by Crippen LogP contribution is -2.21. The molecular weight excluding hydrogens is 432 g/mol. The van der Waals surface area contributed by atoms with Crippen molar-refractivity contribution in [2.24, 2.45) is 20.7 Å². The molecule has 168 valence electrons. The van der Waals surface area contributed by atoms with E-state index >= 15 is 0 Å². The first-order valence-electron chi connectivity index (χ1n) is 10.1. The van der Waals surface area contributed by atoms with Crippen molar-refractivity contribution in [3.05, 3.63) is 73.6 Å². The van der Waals surface area contributed by atoms with Crippen LogP contribution < -0.4 is 10.9 Å². The number of fused-ring (bicyclic) bond motifs is 1. The Bertz CT molecular complexity index is 1370. The van der Waals surface area contributed by atoms with Gasteiger partial charge >= 0.3 is 11.3 Å². The normalized spacial score (nSPS) is 13.0. The Balaban J connectivity index is 1.72. The van der Waals surface area contributed by atoms with Gasteiger partial charge in [-0.05, 0) is 41.5 Å². The van der Waals surface area contributed by atoms with Crippen LogP contribution in [0.5, 0.6) is 5.75 Å². The van der Waals surface area contributed by atoms with E-state index in [1.165, 1.54) is 6.07 Å². The predicted octanol–water partition coefficient (Wildman–Crippen LogP) is 4.83. The molecule has 2 heterocycles. The van der Waals surface area contributed by atoms with Gasteiger partial charge in [0.25, 0.3) is 5.91 Å². The molecule has 12 heteroatoms. The molecule has 2 aromatic carbocycles. The number of phenols is 1. The van der Waals surface area contributed by atoms with Gasteiger partial charge in [-0.15, -0.1) is 10.2 Å². The maximum absolute atomic E-state index is 12.8. The number of carbonyl (C=O) groups is 1. The van der Waals surface area contributed by atoms with E-state index in [1.807, 2.05) is 6.92 Å². The average molecular weight is 450 g/mol. The third-order valence-corrected chi connectivity index (χ3v) is 5.10. The molecule has 12 nitrogen and oxygen atoms in total. The molecule has 0 unspecified atom stereocenters. The molecule has 0 saturated carbocycles. The van der Waals surface area contributed by atoms with Gasteiger partial charge in [0.2, 0.25) is 11.9 Å². The van der Waals surface area contributed by atoms with Crippen molar-refractivity contribution in [3.8, 4) is 5.75 Å². The molecule has 3 aromatic rings. The van der Waals surface area contributed by atoms with Gasteiger partial charge in [-0.3, -0.25) is 14.9 Å². The highest BCUT2D eigenvalue weighted by atomic mass is 16.6. The monoisotopic (exact) mass is 450 g/mol. The van der Waals surface area contributed by atoms with Crippen molar-refractivity contribution in [1.29, 1.82) is 0 Å². The maximum atomic E-state index is 12.8. The lowest BCUT2D eigenvalue weighted by atomic mass is 10.0. The van der Waals surface area contributed by atoms with Crippen molar-refractivity contribution in [3.63, 3.8) is 0 Å². The summed E-state index contributed by atoms with van der Waals surface area (Å²) in [5, 5.41) is 39.1. The average Bonchev–Trinajstić information content (AvgIpc) is 3.33. The van der Waals surface area contributed by atoms with E-state index in [0.717, 1.165) is 12.5 Å². The SMILES string of the molecule is CCCCc1c(O)c([N+](=O)[O-])cc2cc(C(=O)Nc3cccc(C4N=NN=N4)c3)c(=O)oc12. The van der Waals surface area contributed by atoms with Gasteiger partial charge in [0.1, 0.15) is 11.1 Å². The Labute approximate surface area is 185 Å². The summed E-state index contributed by atoms with van der Waals surface area (Å²) >= 11 is 0. The highest BCUT2D eigenvalue weighted by molar-refractivity contribution is 6.05. The molecule has 0 bridgehead atoms. The highest BCUT2D eigenvalue weighted by Crippen LogP contribution is 2.37. The molecule has 0 fully saturated rings. The topological polar surface area (TPSA) is 172 Å². The summed E-state index contributed by atoms with van der Waals surface area (Å²) in [5.74, 6) is -1.30. The molecule has 4 rings (SSSR count). The second-order valence-corrected chi connectivity index (χ2v) is 7.31.